The van der Waals surface area contributed by atoms with E-state index in [2.05, 4.69) is 26.2 Å². The molecule has 0 radical (unpaired) electrons. The molecule has 0 bridgehead atoms. The quantitative estimate of drug-likeness (QED) is 0.822. The Kier molecular flexibility index (Phi) is 4.00. The summed E-state index contributed by atoms with van der Waals surface area (Å²) in [6, 6.07) is 5.39. The number of anilines is 3. The molecule has 0 aliphatic rings. The summed E-state index contributed by atoms with van der Waals surface area (Å²) in [5.74, 6) is 0.521. The van der Waals surface area contributed by atoms with Gasteiger partial charge in [0.15, 0.2) is 5.82 Å². The highest BCUT2D eigenvalue weighted by Gasteiger charge is 2.11. The van der Waals surface area contributed by atoms with Crippen LogP contribution in [0, 0.1) is 6.92 Å². The van der Waals surface area contributed by atoms with Crippen LogP contribution in [-0.4, -0.2) is 4.98 Å². The van der Waals surface area contributed by atoms with E-state index in [1.54, 1.807) is 18.3 Å². The number of aromatic nitrogens is 1. The first-order valence-corrected chi connectivity index (χ1v) is 6.66. The molecule has 0 saturated carbocycles. The SMILES string of the molecule is Cc1ccc(Cl)c(Nc2ncc(Br)cc2N)c1Cl. The van der Waals surface area contributed by atoms with E-state index in [9.17, 15) is 0 Å². The standard InChI is InChI=1S/C12H10BrCl2N3/c1-6-2-3-8(14)11(10(6)15)18-12-9(16)4-7(13)5-17-12/h2-5H,16H2,1H3,(H,17,18). The van der Waals surface area contributed by atoms with Crippen LogP contribution in [0.2, 0.25) is 10.0 Å². The van der Waals surface area contributed by atoms with Crippen LogP contribution in [0.4, 0.5) is 17.2 Å². The van der Waals surface area contributed by atoms with Gasteiger partial charge in [-0.15, -0.1) is 0 Å². The minimum atomic E-state index is 0.512. The topological polar surface area (TPSA) is 50.9 Å². The van der Waals surface area contributed by atoms with Crippen LogP contribution >= 0.6 is 39.1 Å². The van der Waals surface area contributed by atoms with Crippen molar-refractivity contribution in [3.8, 4) is 0 Å². The third-order valence-electron chi connectivity index (χ3n) is 2.41. The van der Waals surface area contributed by atoms with Crippen LogP contribution in [0.25, 0.3) is 0 Å². The fourth-order valence-electron chi connectivity index (χ4n) is 1.45. The molecule has 0 unspecified atom stereocenters. The molecule has 3 N–H and O–H groups in total. The lowest BCUT2D eigenvalue weighted by Crippen LogP contribution is -2.00. The Morgan fingerprint density at radius 2 is 2.06 bits per heavy atom. The molecule has 0 atom stereocenters. The van der Waals surface area contributed by atoms with Crippen LogP contribution < -0.4 is 11.1 Å². The predicted molar refractivity (Wildman–Crippen MR) is 80.8 cm³/mol. The Morgan fingerprint density at radius 3 is 2.72 bits per heavy atom. The molecule has 1 heterocycles. The lowest BCUT2D eigenvalue weighted by Gasteiger charge is -2.13. The highest BCUT2D eigenvalue weighted by molar-refractivity contribution is 9.10. The third-order valence-corrected chi connectivity index (χ3v) is 3.65. The van der Waals surface area contributed by atoms with Gasteiger partial charge in [-0.1, -0.05) is 29.3 Å². The van der Waals surface area contributed by atoms with Gasteiger partial charge in [0, 0.05) is 10.7 Å². The van der Waals surface area contributed by atoms with E-state index in [1.807, 2.05) is 13.0 Å². The number of aryl methyl sites for hydroxylation is 1. The number of nitrogen functional groups attached to an aromatic ring is 1. The summed E-state index contributed by atoms with van der Waals surface area (Å²) in [5.41, 5.74) is 7.92. The number of nitrogens with zero attached hydrogens (tertiary/aromatic N) is 1. The maximum absolute atomic E-state index is 6.21. The minimum absolute atomic E-state index is 0.512. The second-order valence-electron chi connectivity index (χ2n) is 3.77. The first-order chi connectivity index (χ1) is 8.49. The smallest absolute Gasteiger partial charge is 0.153 e. The number of nitrogens with two attached hydrogens (primary N) is 1. The van der Waals surface area contributed by atoms with Gasteiger partial charge >= 0.3 is 0 Å². The van der Waals surface area contributed by atoms with Gasteiger partial charge in [0.2, 0.25) is 0 Å². The van der Waals surface area contributed by atoms with Crippen LogP contribution in [0.3, 0.4) is 0 Å². The number of benzene rings is 1. The Labute approximate surface area is 123 Å². The van der Waals surface area contributed by atoms with Gasteiger partial charge in [0.05, 0.1) is 21.4 Å². The maximum atomic E-state index is 6.21. The molecule has 0 saturated heterocycles. The lowest BCUT2D eigenvalue weighted by molar-refractivity contribution is 1.29. The van der Waals surface area contributed by atoms with Crippen LogP contribution in [-0.2, 0) is 0 Å². The second kappa shape index (κ2) is 5.34. The second-order valence-corrected chi connectivity index (χ2v) is 5.47. The van der Waals surface area contributed by atoms with Crippen LogP contribution in [0.1, 0.15) is 5.56 Å². The average molecular weight is 347 g/mol. The molecule has 1 aromatic carbocycles. The predicted octanol–water partition coefficient (Wildman–Crippen LogP) is 4.79. The number of halogens is 3. The Bertz CT molecular complexity index is 602. The Hall–Kier alpha value is -0.970. The Balaban J connectivity index is 2.43. The molecule has 1 aromatic heterocycles. The van der Waals surface area contributed by atoms with Crippen molar-refractivity contribution in [2.45, 2.75) is 6.92 Å². The molecule has 0 fully saturated rings. The molecular formula is C12H10BrCl2N3. The highest BCUT2D eigenvalue weighted by atomic mass is 79.9. The molecule has 94 valence electrons. The molecule has 18 heavy (non-hydrogen) atoms. The van der Waals surface area contributed by atoms with E-state index in [4.69, 9.17) is 28.9 Å². The molecule has 0 spiro atoms. The van der Waals surface area contributed by atoms with Crippen molar-refractivity contribution < 1.29 is 0 Å². The average Bonchev–Trinajstić information content (AvgIpc) is 2.32. The monoisotopic (exact) mass is 345 g/mol. The molecule has 3 nitrogen and oxygen atoms in total. The molecule has 0 aliphatic heterocycles. The van der Waals surface area contributed by atoms with Crippen molar-refractivity contribution in [3.63, 3.8) is 0 Å². The fraction of sp³-hybridized carbons (Fsp3) is 0.0833. The van der Waals surface area contributed by atoms with Gasteiger partial charge in [-0.05, 0) is 40.5 Å². The summed E-state index contributed by atoms with van der Waals surface area (Å²) in [6.07, 6.45) is 1.65. The maximum Gasteiger partial charge on any atom is 0.153 e. The zero-order valence-corrected chi connectivity index (χ0v) is 12.6. The number of hydrogen-bond donors (Lipinski definition) is 2. The Morgan fingerprint density at radius 1 is 1.33 bits per heavy atom. The fourth-order valence-corrected chi connectivity index (χ4v) is 2.26. The van der Waals surface area contributed by atoms with E-state index in [-0.39, 0.29) is 0 Å². The molecule has 2 rings (SSSR count). The normalized spacial score (nSPS) is 10.4. The zero-order chi connectivity index (χ0) is 13.3. The number of hydrogen-bond acceptors (Lipinski definition) is 3. The molecular weight excluding hydrogens is 337 g/mol. The summed E-state index contributed by atoms with van der Waals surface area (Å²) < 4.78 is 0.812. The molecule has 0 aliphatic carbocycles. The summed E-state index contributed by atoms with van der Waals surface area (Å²) in [5, 5.41) is 4.14. The van der Waals surface area contributed by atoms with Crippen molar-refractivity contribution in [1.29, 1.82) is 0 Å². The van der Waals surface area contributed by atoms with Crippen molar-refractivity contribution in [2.24, 2.45) is 0 Å². The third kappa shape index (κ3) is 2.71. The van der Waals surface area contributed by atoms with Crippen LogP contribution in [0.5, 0.6) is 0 Å². The van der Waals surface area contributed by atoms with Crippen molar-refractivity contribution in [2.75, 3.05) is 11.1 Å². The number of rotatable bonds is 2. The largest absolute Gasteiger partial charge is 0.396 e. The first-order valence-electron chi connectivity index (χ1n) is 5.11. The van der Waals surface area contributed by atoms with Crippen molar-refractivity contribution in [3.05, 3.63) is 44.5 Å². The van der Waals surface area contributed by atoms with E-state index < -0.39 is 0 Å². The van der Waals surface area contributed by atoms with E-state index >= 15 is 0 Å². The zero-order valence-electron chi connectivity index (χ0n) is 9.47. The van der Waals surface area contributed by atoms with E-state index in [0.29, 0.717) is 27.2 Å². The van der Waals surface area contributed by atoms with Gasteiger partial charge in [-0.25, -0.2) is 4.98 Å². The van der Waals surface area contributed by atoms with Gasteiger partial charge in [0.1, 0.15) is 0 Å². The van der Waals surface area contributed by atoms with Gasteiger partial charge in [-0.3, -0.25) is 0 Å². The van der Waals surface area contributed by atoms with Gasteiger partial charge < -0.3 is 11.1 Å². The molecule has 0 amide bonds. The highest BCUT2D eigenvalue weighted by Crippen LogP contribution is 2.36. The van der Waals surface area contributed by atoms with Crippen molar-refractivity contribution in [1.82, 2.24) is 4.98 Å². The summed E-state index contributed by atoms with van der Waals surface area (Å²) >= 11 is 15.6. The van der Waals surface area contributed by atoms with E-state index in [1.165, 1.54) is 0 Å². The number of pyridine rings is 1. The minimum Gasteiger partial charge on any atom is -0.396 e. The number of nitrogens with one attached hydrogen (secondary N) is 1. The first kappa shape index (κ1) is 13.5. The van der Waals surface area contributed by atoms with Crippen molar-refractivity contribution >= 4 is 56.3 Å². The summed E-state index contributed by atoms with van der Waals surface area (Å²) in [4.78, 5) is 4.18. The molecule has 6 heteroatoms. The lowest BCUT2D eigenvalue weighted by atomic mass is 10.2. The summed E-state index contributed by atoms with van der Waals surface area (Å²) in [6.45, 7) is 1.90. The van der Waals surface area contributed by atoms with E-state index in [0.717, 1.165) is 10.0 Å². The summed E-state index contributed by atoms with van der Waals surface area (Å²) in [7, 11) is 0. The molecule has 2 aromatic rings. The van der Waals surface area contributed by atoms with Crippen LogP contribution in [0.15, 0.2) is 28.9 Å². The van der Waals surface area contributed by atoms with Gasteiger partial charge in [-0.2, -0.15) is 0 Å². The van der Waals surface area contributed by atoms with Gasteiger partial charge in [0.25, 0.3) is 0 Å².